The van der Waals surface area contributed by atoms with Crippen LogP contribution >= 0.6 is 0 Å². The van der Waals surface area contributed by atoms with Gasteiger partial charge in [0.05, 0.1) is 11.9 Å². The SMILES string of the molecule is O=C(Nc1cnc2[nH]c(-c3ccc(F)cc3)cc2c1)c1cc(C(F)F)[nH]n1. The van der Waals surface area contributed by atoms with Gasteiger partial charge < -0.3 is 10.3 Å². The van der Waals surface area contributed by atoms with Crippen molar-refractivity contribution in [1.29, 1.82) is 0 Å². The Morgan fingerprint density at radius 1 is 1.11 bits per heavy atom. The Hall–Kier alpha value is -3.62. The number of alkyl halides is 2. The largest absolute Gasteiger partial charge is 0.339 e. The number of amides is 1. The minimum atomic E-state index is -2.73. The number of carbonyl (C=O) groups excluding carboxylic acids is 1. The fourth-order valence-corrected chi connectivity index (χ4v) is 2.63. The standard InChI is InChI=1S/C18H12F3N5O/c19-11-3-1-9(2-4-11)13-6-10-5-12(8-22-17(10)24-13)23-18(27)15-7-14(16(20)21)25-26-15/h1-8,16H,(H,22,24)(H,23,27)(H,25,26). The molecule has 3 heterocycles. The van der Waals surface area contributed by atoms with Crippen LogP contribution in [0.2, 0.25) is 0 Å². The highest BCUT2D eigenvalue weighted by Gasteiger charge is 2.16. The fourth-order valence-electron chi connectivity index (χ4n) is 2.63. The van der Waals surface area contributed by atoms with Gasteiger partial charge in [-0.15, -0.1) is 0 Å². The zero-order chi connectivity index (χ0) is 19.0. The minimum absolute atomic E-state index is 0.147. The van der Waals surface area contributed by atoms with E-state index in [1.807, 2.05) is 6.07 Å². The van der Waals surface area contributed by atoms with E-state index in [-0.39, 0.29) is 11.5 Å². The van der Waals surface area contributed by atoms with Gasteiger partial charge in [0.25, 0.3) is 12.3 Å². The molecule has 0 aliphatic rings. The van der Waals surface area contributed by atoms with Crippen LogP contribution in [0.5, 0.6) is 0 Å². The summed E-state index contributed by atoms with van der Waals surface area (Å²) in [7, 11) is 0. The Labute approximate surface area is 150 Å². The molecule has 1 amide bonds. The minimum Gasteiger partial charge on any atom is -0.339 e. The van der Waals surface area contributed by atoms with Gasteiger partial charge in [0, 0.05) is 11.1 Å². The number of aromatic amines is 2. The molecule has 0 saturated carbocycles. The second-order valence-corrected chi connectivity index (χ2v) is 5.82. The monoisotopic (exact) mass is 371 g/mol. The molecule has 1 aromatic carbocycles. The van der Waals surface area contributed by atoms with Crippen LogP contribution < -0.4 is 5.32 Å². The number of fused-ring (bicyclic) bond motifs is 1. The Kier molecular flexibility index (Phi) is 4.11. The normalized spacial score (nSPS) is 11.3. The average molecular weight is 371 g/mol. The number of halogens is 3. The van der Waals surface area contributed by atoms with Crippen molar-refractivity contribution in [3.05, 3.63) is 65.9 Å². The molecule has 0 radical (unpaired) electrons. The zero-order valence-corrected chi connectivity index (χ0v) is 13.6. The van der Waals surface area contributed by atoms with Crippen LogP contribution in [0, 0.1) is 5.82 Å². The van der Waals surface area contributed by atoms with Crippen LogP contribution in [0.25, 0.3) is 22.3 Å². The molecular weight excluding hydrogens is 359 g/mol. The van der Waals surface area contributed by atoms with Gasteiger partial charge in [-0.2, -0.15) is 5.10 Å². The molecule has 0 aliphatic heterocycles. The summed E-state index contributed by atoms with van der Waals surface area (Å²) in [6, 6.07) is 10.5. The zero-order valence-electron chi connectivity index (χ0n) is 13.6. The van der Waals surface area contributed by atoms with Crippen LogP contribution in [-0.2, 0) is 0 Å². The first-order valence-corrected chi connectivity index (χ1v) is 7.89. The van der Waals surface area contributed by atoms with Crippen LogP contribution in [0.4, 0.5) is 18.9 Å². The number of anilines is 1. The maximum Gasteiger partial charge on any atom is 0.279 e. The highest BCUT2D eigenvalue weighted by Crippen LogP contribution is 2.25. The first kappa shape index (κ1) is 16.8. The maximum absolute atomic E-state index is 13.1. The lowest BCUT2D eigenvalue weighted by atomic mass is 10.1. The van der Waals surface area contributed by atoms with Crippen LogP contribution in [0.1, 0.15) is 22.6 Å². The summed E-state index contributed by atoms with van der Waals surface area (Å²) in [5.74, 6) is -0.958. The van der Waals surface area contributed by atoms with Crippen molar-refractivity contribution in [2.45, 2.75) is 6.43 Å². The molecule has 3 aromatic heterocycles. The van der Waals surface area contributed by atoms with E-state index in [2.05, 4.69) is 25.5 Å². The first-order valence-electron chi connectivity index (χ1n) is 7.89. The van der Waals surface area contributed by atoms with E-state index in [0.717, 1.165) is 22.7 Å². The molecule has 136 valence electrons. The molecule has 9 heteroatoms. The number of rotatable bonds is 4. The number of hydrogen-bond donors (Lipinski definition) is 3. The topological polar surface area (TPSA) is 86.5 Å². The van der Waals surface area contributed by atoms with Crippen molar-refractivity contribution in [1.82, 2.24) is 20.2 Å². The third-order valence-electron chi connectivity index (χ3n) is 3.95. The van der Waals surface area contributed by atoms with E-state index in [1.165, 1.54) is 18.3 Å². The van der Waals surface area contributed by atoms with Gasteiger partial charge in [-0.05, 0) is 48.0 Å². The third-order valence-corrected chi connectivity index (χ3v) is 3.95. The van der Waals surface area contributed by atoms with E-state index >= 15 is 0 Å². The molecule has 0 aliphatic carbocycles. The molecule has 0 fully saturated rings. The number of pyridine rings is 1. The predicted molar refractivity (Wildman–Crippen MR) is 93.0 cm³/mol. The Morgan fingerprint density at radius 2 is 1.89 bits per heavy atom. The molecule has 6 nitrogen and oxygen atoms in total. The summed E-state index contributed by atoms with van der Waals surface area (Å²) >= 11 is 0. The summed E-state index contributed by atoms with van der Waals surface area (Å²) in [5.41, 5.74) is 1.94. The summed E-state index contributed by atoms with van der Waals surface area (Å²) in [6.45, 7) is 0. The summed E-state index contributed by atoms with van der Waals surface area (Å²) in [4.78, 5) is 19.5. The second kappa shape index (κ2) is 6.60. The molecule has 4 aromatic rings. The maximum atomic E-state index is 13.1. The highest BCUT2D eigenvalue weighted by atomic mass is 19.3. The molecule has 0 spiro atoms. The molecule has 3 N–H and O–H groups in total. The Morgan fingerprint density at radius 3 is 2.59 bits per heavy atom. The third kappa shape index (κ3) is 3.39. The summed E-state index contributed by atoms with van der Waals surface area (Å²) in [5, 5.41) is 8.98. The van der Waals surface area contributed by atoms with Gasteiger partial charge in [-0.1, -0.05) is 0 Å². The lowest BCUT2D eigenvalue weighted by molar-refractivity contribution is 0.102. The number of aromatic nitrogens is 4. The lowest BCUT2D eigenvalue weighted by Gasteiger charge is -2.02. The Balaban J connectivity index is 1.57. The summed E-state index contributed by atoms with van der Waals surface area (Å²) < 4.78 is 38.2. The fraction of sp³-hybridized carbons (Fsp3) is 0.0556. The summed E-state index contributed by atoms with van der Waals surface area (Å²) in [6.07, 6.45) is -1.30. The van der Waals surface area contributed by atoms with E-state index < -0.39 is 18.0 Å². The quantitative estimate of drug-likeness (QED) is 0.500. The molecule has 0 unspecified atom stereocenters. The van der Waals surface area contributed by atoms with Crippen LogP contribution in [-0.4, -0.2) is 26.1 Å². The van der Waals surface area contributed by atoms with Crippen molar-refractivity contribution >= 4 is 22.6 Å². The van der Waals surface area contributed by atoms with E-state index in [4.69, 9.17) is 0 Å². The van der Waals surface area contributed by atoms with Gasteiger partial charge >= 0.3 is 0 Å². The molecule has 0 atom stereocenters. The van der Waals surface area contributed by atoms with E-state index in [0.29, 0.717) is 11.3 Å². The van der Waals surface area contributed by atoms with Crippen molar-refractivity contribution < 1.29 is 18.0 Å². The number of benzene rings is 1. The smallest absolute Gasteiger partial charge is 0.279 e. The van der Waals surface area contributed by atoms with Crippen LogP contribution in [0.15, 0.2) is 48.7 Å². The van der Waals surface area contributed by atoms with Gasteiger partial charge in [0.15, 0.2) is 5.69 Å². The van der Waals surface area contributed by atoms with Crippen molar-refractivity contribution in [3.8, 4) is 11.3 Å². The second-order valence-electron chi connectivity index (χ2n) is 5.82. The number of carbonyl (C=O) groups is 1. The lowest BCUT2D eigenvalue weighted by Crippen LogP contribution is -2.12. The van der Waals surface area contributed by atoms with Crippen molar-refractivity contribution in [2.24, 2.45) is 0 Å². The molecular formula is C18H12F3N5O. The van der Waals surface area contributed by atoms with Gasteiger partial charge in [0.1, 0.15) is 17.2 Å². The van der Waals surface area contributed by atoms with E-state index in [9.17, 15) is 18.0 Å². The number of nitrogens with one attached hydrogen (secondary N) is 3. The van der Waals surface area contributed by atoms with E-state index in [1.54, 1.807) is 18.2 Å². The predicted octanol–water partition coefficient (Wildman–Crippen LogP) is 4.28. The Bertz CT molecular complexity index is 1120. The molecule has 0 bridgehead atoms. The van der Waals surface area contributed by atoms with Gasteiger partial charge in [-0.25, -0.2) is 18.2 Å². The molecule has 4 rings (SSSR count). The van der Waals surface area contributed by atoms with Gasteiger partial charge in [-0.3, -0.25) is 9.89 Å². The average Bonchev–Trinajstić information content (AvgIpc) is 3.29. The number of hydrogen-bond acceptors (Lipinski definition) is 3. The van der Waals surface area contributed by atoms with Crippen molar-refractivity contribution in [2.75, 3.05) is 5.32 Å². The highest BCUT2D eigenvalue weighted by molar-refractivity contribution is 6.03. The van der Waals surface area contributed by atoms with Crippen LogP contribution in [0.3, 0.4) is 0 Å². The number of H-pyrrole nitrogens is 2. The molecule has 27 heavy (non-hydrogen) atoms. The number of nitrogens with zero attached hydrogens (tertiary/aromatic N) is 2. The van der Waals surface area contributed by atoms with Gasteiger partial charge in [0.2, 0.25) is 0 Å². The molecule has 0 saturated heterocycles. The first-order chi connectivity index (χ1) is 13.0. The van der Waals surface area contributed by atoms with Crippen molar-refractivity contribution in [3.63, 3.8) is 0 Å².